The van der Waals surface area contributed by atoms with E-state index in [9.17, 15) is 9.59 Å². The number of piperidine rings is 1. The van der Waals surface area contributed by atoms with Gasteiger partial charge in [-0.1, -0.05) is 23.2 Å². The fraction of sp³-hybridized carbons (Fsp3) is 0.429. The predicted molar refractivity (Wildman–Crippen MR) is 82.7 cm³/mol. The van der Waals surface area contributed by atoms with Gasteiger partial charge in [0.25, 0.3) is 5.91 Å². The van der Waals surface area contributed by atoms with E-state index in [4.69, 9.17) is 33.0 Å². The molecule has 0 spiro atoms. The van der Waals surface area contributed by atoms with Crippen LogP contribution in [0.4, 0.5) is 4.79 Å². The number of amides is 2. The molecule has 120 valence electrons. The largest absolute Gasteiger partial charge is 0.484 e. The summed E-state index contributed by atoms with van der Waals surface area (Å²) >= 11 is 11.7. The number of nitrogens with one attached hydrogen (secondary N) is 1. The van der Waals surface area contributed by atoms with Gasteiger partial charge in [0.2, 0.25) is 0 Å². The van der Waals surface area contributed by atoms with E-state index in [0.29, 0.717) is 41.7 Å². The Kier molecular flexibility index (Phi) is 5.74. The van der Waals surface area contributed by atoms with Crippen LogP contribution in [0.1, 0.15) is 12.8 Å². The minimum absolute atomic E-state index is 0.103. The number of carbonyl (C=O) groups is 2. The molecule has 1 aliphatic heterocycles. The molecule has 2 rings (SSSR count). The molecule has 0 saturated carbocycles. The molecule has 0 bridgehead atoms. The molecule has 1 heterocycles. The monoisotopic (exact) mass is 346 g/mol. The van der Waals surface area contributed by atoms with E-state index in [-0.39, 0.29) is 18.6 Å². The van der Waals surface area contributed by atoms with Crippen molar-refractivity contribution < 1.29 is 19.4 Å². The number of hydrogen-bond acceptors (Lipinski definition) is 3. The number of rotatable bonds is 4. The van der Waals surface area contributed by atoms with Gasteiger partial charge in [0.1, 0.15) is 5.75 Å². The Hall–Kier alpha value is -1.66. The van der Waals surface area contributed by atoms with Gasteiger partial charge in [0.05, 0.1) is 0 Å². The number of ether oxygens (including phenoxy) is 1. The number of carboxylic acid groups (broad SMARTS) is 1. The van der Waals surface area contributed by atoms with Crippen molar-refractivity contribution in [3.05, 3.63) is 28.2 Å². The molecule has 1 aromatic rings. The topological polar surface area (TPSA) is 78.9 Å². The Labute approximate surface area is 137 Å². The maximum Gasteiger partial charge on any atom is 0.404 e. The molecular weight excluding hydrogens is 331 g/mol. The SMILES string of the molecule is O=C(O)NC1CCN(C(=O)COc2cc(Cl)cc(Cl)c2)CC1. The highest BCUT2D eigenvalue weighted by atomic mass is 35.5. The third-order valence-electron chi connectivity index (χ3n) is 3.37. The molecule has 0 aromatic heterocycles. The summed E-state index contributed by atoms with van der Waals surface area (Å²) in [6, 6.07) is 4.65. The summed E-state index contributed by atoms with van der Waals surface area (Å²) < 4.78 is 5.40. The second-order valence-corrected chi connectivity index (χ2v) is 5.87. The van der Waals surface area contributed by atoms with Crippen molar-refractivity contribution in [2.24, 2.45) is 0 Å². The molecule has 2 amide bonds. The van der Waals surface area contributed by atoms with Crippen LogP contribution in [0.3, 0.4) is 0 Å². The summed E-state index contributed by atoms with van der Waals surface area (Å²) in [5.41, 5.74) is 0. The first-order chi connectivity index (χ1) is 10.4. The van der Waals surface area contributed by atoms with Crippen LogP contribution in [0, 0.1) is 0 Å². The van der Waals surface area contributed by atoms with E-state index >= 15 is 0 Å². The van der Waals surface area contributed by atoms with Crippen LogP contribution in [-0.4, -0.2) is 47.7 Å². The molecule has 6 nitrogen and oxygen atoms in total. The van der Waals surface area contributed by atoms with Crippen LogP contribution in [0.15, 0.2) is 18.2 Å². The zero-order valence-corrected chi connectivity index (χ0v) is 13.2. The highest BCUT2D eigenvalue weighted by Gasteiger charge is 2.23. The molecule has 2 N–H and O–H groups in total. The Morgan fingerprint density at radius 2 is 1.82 bits per heavy atom. The van der Waals surface area contributed by atoms with Gasteiger partial charge in [-0.3, -0.25) is 4.79 Å². The first-order valence-corrected chi connectivity index (χ1v) is 7.56. The van der Waals surface area contributed by atoms with Gasteiger partial charge >= 0.3 is 6.09 Å². The lowest BCUT2D eigenvalue weighted by molar-refractivity contribution is -0.134. The van der Waals surface area contributed by atoms with E-state index in [1.54, 1.807) is 23.1 Å². The average molecular weight is 347 g/mol. The van der Waals surface area contributed by atoms with Crippen LogP contribution in [0.2, 0.25) is 10.0 Å². The van der Waals surface area contributed by atoms with Crippen molar-refractivity contribution in [2.45, 2.75) is 18.9 Å². The van der Waals surface area contributed by atoms with Crippen LogP contribution in [0.25, 0.3) is 0 Å². The maximum atomic E-state index is 12.1. The second-order valence-electron chi connectivity index (χ2n) is 5.00. The average Bonchev–Trinajstić information content (AvgIpc) is 2.44. The first-order valence-electron chi connectivity index (χ1n) is 6.80. The zero-order valence-electron chi connectivity index (χ0n) is 11.7. The molecule has 0 unspecified atom stereocenters. The Morgan fingerprint density at radius 1 is 1.23 bits per heavy atom. The summed E-state index contributed by atoms with van der Waals surface area (Å²) in [4.78, 5) is 24.3. The standard InChI is InChI=1S/C14H16Cl2N2O4/c15-9-5-10(16)7-12(6-9)22-8-13(19)18-3-1-11(2-4-18)17-14(20)21/h5-7,11,17H,1-4,8H2,(H,20,21). The fourth-order valence-corrected chi connectivity index (χ4v) is 2.80. The van der Waals surface area contributed by atoms with Crippen molar-refractivity contribution in [3.8, 4) is 5.75 Å². The third kappa shape index (κ3) is 4.96. The van der Waals surface area contributed by atoms with Gasteiger partial charge in [-0.25, -0.2) is 4.79 Å². The smallest absolute Gasteiger partial charge is 0.404 e. The molecule has 0 atom stereocenters. The molecular formula is C14H16Cl2N2O4. The van der Waals surface area contributed by atoms with Crippen LogP contribution < -0.4 is 10.1 Å². The fourth-order valence-electron chi connectivity index (χ4n) is 2.30. The summed E-state index contributed by atoms with van der Waals surface area (Å²) in [5.74, 6) is 0.290. The number of carbonyl (C=O) groups excluding carboxylic acids is 1. The van der Waals surface area contributed by atoms with Gasteiger partial charge < -0.3 is 20.1 Å². The number of likely N-dealkylation sites (tertiary alicyclic amines) is 1. The molecule has 1 fully saturated rings. The maximum absolute atomic E-state index is 12.1. The third-order valence-corrected chi connectivity index (χ3v) is 3.81. The van der Waals surface area contributed by atoms with E-state index in [1.165, 1.54) is 0 Å². The van der Waals surface area contributed by atoms with Gasteiger partial charge in [-0.15, -0.1) is 0 Å². The minimum atomic E-state index is -1.04. The van der Waals surface area contributed by atoms with Crippen molar-refractivity contribution in [1.29, 1.82) is 0 Å². The van der Waals surface area contributed by atoms with Crippen molar-refractivity contribution in [2.75, 3.05) is 19.7 Å². The quantitative estimate of drug-likeness (QED) is 0.878. The van der Waals surface area contributed by atoms with Crippen LogP contribution in [0.5, 0.6) is 5.75 Å². The van der Waals surface area contributed by atoms with Crippen LogP contribution in [-0.2, 0) is 4.79 Å². The van der Waals surface area contributed by atoms with Crippen molar-refractivity contribution in [1.82, 2.24) is 10.2 Å². The molecule has 1 aliphatic rings. The van der Waals surface area contributed by atoms with E-state index < -0.39 is 6.09 Å². The van der Waals surface area contributed by atoms with Crippen LogP contribution >= 0.6 is 23.2 Å². The lowest BCUT2D eigenvalue weighted by Gasteiger charge is -2.31. The molecule has 1 saturated heterocycles. The van der Waals surface area contributed by atoms with Gasteiger partial charge in [0, 0.05) is 29.2 Å². The zero-order chi connectivity index (χ0) is 16.1. The second kappa shape index (κ2) is 7.56. The van der Waals surface area contributed by atoms with E-state index in [0.717, 1.165) is 0 Å². The number of benzene rings is 1. The summed E-state index contributed by atoms with van der Waals surface area (Å²) in [6.07, 6.45) is 0.160. The Balaban J connectivity index is 1.80. The summed E-state index contributed by atoms with van der Waals surface area (Å²) in [7, 11) is 0. The van der Waals surface area contributed by atoms with Crippen molar-refractivity contribution >= 4 is 35.2 Å². The lowest BCUT2D eigenvalue weighted by Crippen LogP contribution is -2.47. The minimum Gasteiger partial charge on any atom is -0.484 e. The normalized spacial score (nSPS) is 15.5. The molecule has 1 aromatic carbocycles. The molecule has 22 heavy (non-hydrogen) atoms. The molecule has 0 radical (unpaired) electrons. The first kappa shape index (κ1) is 16.7. The van der Waals surface area contributed by atoms with Gasteiger partial charge in [0.15, 0.2) is 6.61 Å². The van der Waals surface area contributed by atoms with Gasteiger partial charge in [-0.2, -0.15) is 0 Å². The van der Waals surface area contributed by atoms with Crippen molar-refractivity contribution in [3.63, 3.8) is 0 Å². The van der Waals surface area contributed by atoms with E-state index in [2.05, 4.69) is 5.32 Å². The summed E-state index contributed by atoms with van der Waals surface area (Å²) in [6.45, 7) is 0.903. The highest BCUT2D eigenvalue weighted by molar-refractivity contribution is 6.34. The molecule has 0 aliphatic carbocycles. The number of halogens is 2. The Morgan fingerprint density at radius 3 is 2.36 bits per heavy atom. The number of hydrogen-bond donors (Lipinski definition) is 2. The van der Waals surface area contributed by atoms with E-state index in [1.807, 2.05) is 0 Å². The van der Waals surface area contributed by atoms with Gasteiger partial charge in [-0.05, 0) is 31.0 Å². The summed E-state index contributed by atoms with van der Waals surface area (Å²) in [5, 5.41) is 12.0. The highest BCUT2D eigenvalue weighted by Crippen LogP contribution is 2.24. The Bertz CT molecular complexity index is 540. The predicted octanol–water partition coefficient (Wildman–Crippen LogP) is 2.63. The lowest BCUT2D eigenvalue weighted by atomic mass is 10.1. The number of nitrogens with zero attached hydrogens (tertiary/aromatic N) is 1. The molecule has 8 heteroatoms.